The van der Waals surface area contributed by atoms with Crippen LogP contribution in [0.2, 0.25) is 0 Å². The van der Waals surface area contributed by atoms with Crippen molar-refractivity contribution in [2.45, 2.75) is 11.8 Å². The van der Waals surface area contributed by atoms with E-state index in [9.17, 15) is 13.2 Å². The van der Waals surface area contributed by atoms with E-state index in [2.05, 4.69) is 10.4 Å². The first kappa shape index (κ1) is 25.1. The van der Waals surface area contributed by atoms with Crippen LogP contribution in [-0.4, -0.2) is 66.8 Å². The normalized spacial score (nSPS) is 14.4. The second-order valence-corrected chi connectivity index (χ2v) is 11.1. The highest BCUT2D eigenvalue weighted by Gasteiger charge is 2.26. The van der Waals surface area contributed by atoms with Gasteiger partial charge in [0.1, 0.15) is 11.6 Å². The van der Waals surface area contributed by atoms with Gasteiger partial charge in [-0.25, -0.2) is 13.4 Å². The Balaban J connectivity index is 1.34. The lowest BCUT2D eigenvalue weighted by atomic mass is 10.2. The summed E-state index contributed by atoms with van der Waals surface area (Å²) < 4.78 is 39.2. The number of thiazole rings is 1. The maximum atomic E-state index is 13.0. The van der Waals surface area contributed by atoms with Gasteiger partial charge in [0.05, 0.1) is 36.6 Å². The summed E-state index contributed by atoms with van der Waals surface area (Å²) in [6, 6.07) is 15.3. The van der Waals surface area contributed by atoms with Crippen molar-refractivity contribution in [3.05, 3.63) is 71.2 Å². The second kappa shape index (κ2) is 10.4. The number of benzene rings is 2. The molecule has 192 valence electrons. The molecule has 1 N–H and O–H groups in total. The zero-order valence-electron chi connectivity index (χ0n) is 20.2. The number of rotatable bonds is 7. The molecule has 1 amide bonds. The Morgan fingerprint density at radius 3 is 2.59 bits per heavy atom. The Hall–Kier alpha value is -3.58. The maximum Gasteiger partial charge on any atom is 0.256 e. The van der Waals surface area contributed by atoms with E-state index in [0.29, 0.717) is 48.5 Å². The van der Waals surface area contributed by atoms with Crippen LogP contribution in [0.3, 0.4) is 0 Å². The lowest BCUT2D eigenvalue weighted by Gasteiger charge is -2.26. The second-order valence-electron chi connectivity index (χ2n) is 8.32. The van der Waals surface area contributed by atoms with Crippen molar-refractivity contribution >= 4 is 33.1 Å². The smallest absolute Gasteiger partial charge is 0.256 e. The van der Waals surface area contributed by atoms with Crippen LogP contribution < -0.4 is 10.1 Å². The Morgan fingerprint density at radius 1 is 1.11 bits per heavy atom. The number of morpholine rings is 1. The van der Waals surface area contributed by atoms with Gasteiger partial charge in [-0.15, -0.1) is 11.3 Å². The SMILES string of the molecule is COc1cccc(-c2csc(-n3nc(C)cc3NC(=O)c3ccc(S(=O)(=O)N4CCOCC4)cc3)n2)c1. The fraction of sp³-hybridized carbons (Fsp3) is 0.240. The van der Waals surface area contributed by atoms with E-state index < -0.39 is 10.0 Å². The van der Waals surface area contributed by atoms with Gasteiger partial charge < -0.3 is 14.8 Å². The molecule has 10 nitrogen and oxygen atoms in total. The molecule has 4 aromatic rings. The summed E-state index contributed by atoms with van der Waals surface area (Å²) in [6.07, 6.45) is 0. The number of aromatic nitrogens is 3. The minimum Gasteiger partial charge on any atom is -0.497 e. The molecule has 0 bridgehead atoms. The summed E-state index contributed by atoms with van der Waals surface area (Å²) in [7, 11) is -2.02. The minimum absolute atomic E-state index is 0.139. The molecule has 37 heavy (non-hydrogen) atoms. The molecule has 1 saturated heterocycles. The van der Waals surface area contributed by atoms with Crippen molar-refractivity contribution in [2.24, 2.45) is 0 Å². The predicted molar refractivity (Wildman–Crippen MR) is 140 cm³/mol. The summed E-state index contributed by atoms with van der Waals surface area (Å²) in [4.78, 5) is 17.8. The third-order valence-electron chi connectivity index (χ3n) is 5.84. The Morgan fingerprint density at radius 2 is 1.86 bits per heavy atom. The van der Waals surface area contributed by atoms with Crippen molar-refractivity contribution in [1.29, 1.82) is 0 Å². The minimum atomic E-state index is -3.64. The van der Waals surface area contributed by atoms with Gasteiger partial charge in [-0.2, -0.15) is 14.1 Å². The van der Waals surface area contributed by atoms with Crippen molar-refractivity contribution in [3.63, 3.8) is 0 Å². The predicted octanol–water partition coefficient (Wildman–Crippen LogP) is 3.59. The van der Waals surface area contributed by atoms with Crippen LogP contribution in [0.25, 0.3) is 16.4 Å². The van der Waals surface area contributed by atoms with E-state index in [4.69, 9.17) is 14.5 Å². The quantitative estimate of drug-likeness (QED) is 0.382. The average Bonchev–Trinajstić information content (AvgIpc) is 3.56. The van der Waals surface area contributed by atoms with E-state index in [1.807, 2.05) is 36.6 Å². The molecule has 0 atom stereocenters. The van der Waals surface area contributed by atoms with Gasteiger partial charge in [0.25, 0.3) is 5.91 Å². The van der Waals surface area contributed by atoms with E-state index in [-0.39, 0.29) is 10.8 Å². The molecule has 0 aliphatic carbocycles. The summed E-state index contributed by atoms with van der Waals surface area (Å²) in [5.74, 6) is 0.804. The summed E-state index contributed by atoms with van der Waals surface area (Å²) in [6.45, 7) is 3.18. The van der Waals surface area contributed by atoms with Gasteiger partial charge >= 0.3 is 0 Å². The number of hydrogen-bond donors (Lipinski definition) is 1. The summed E-state index contributed by atoms with van der Waals surface area (Å²) in [5, 5.41) is 9.87. The van der Waals surface area contributed by atoms with Gasteiger partial charge in [-0.3, -0.25) is 4.79 Å². The number of sulfonamides is 1. The number of nitrogens with one attached hydrogen (secondary N) is 1. The van der Waals surface area contributed by atoms with Crippen LogP contribution in [0.15, 0.2) is 64.9 Å². The molecular weight excluding hydrogens is 514 g/mol. The lowest BCUT2D eigenvalue weighted by molar-refractivity contribution is 0.0730. The third kappa shape index (κ3) is 5.27. The van der Waals surface area contributed by atoms with Crippen LogP contribution in [0.4, 0.5) is 5.82 Å². The number of ether oxygens (including phenoxy) is 2. The van der Waals surface area contributed by atoms with Crippen LogP contribution >= 0.6 is 11.3 Å². The van der Waals surface area contributed by atoms with Crippen LogP contribution in [0.5, 0.6) is 5.75 Å². The fourth-order valence-corrected chi connectivity index (χ4v) is 6.12. The molecule has 12 heteroatoms. The third-order valence-corrected chi connectivity index (χ3v) is 8.57. The molecule has 0 unspecified atom stereocenters. The van der Waals surface area contributed by atoms with Crippen molar-refractivity contribution in [3.8, 4) is 22.1 Å². The number of nitrogens with zero attached hydrogens (tertiary/aromatic N) is 4. The number of carbonyl (C=O) groups excluding carboxylic acids is 1. The topological polar surface area (TPSA) is 116 Å². The number of amides is 1. The van der Waals surface area contributed by atoms with E-state index >= 15 is 0 Å². The number of hydrogen-bond acceptors (Lipinski definition) is 8. The van der Waals surface area contributed by atoms with Gasteiger partial charge in [0.15, 0.2) is 0 Å². The van der Waals surface area contributed by atoms with Crippen molar-refractivity contribution in [1.82, 2.24) is 19.1 Å². The molecule has 3 heterocycles. The Kier molecular flexibility index (Phi) is 7.07. The molecule has 0 saturated carbocycles. The zero-order chi connectivity index (χ0) is 26.0. The molecule has 2 aromatic carbocycles. The highest BCUT2D eigenvalue weighted by atomic mass is 32.2. The number of methoxy groups -OCH3 is 1. The Bertz CT molecular complexity index is 1520. The van der Waals surface area contributed by atoms with Gasteiger partial charge in [0.2, 0.25) is 15.2 Å². The van der Waals surface area contributed by atoms with Gasteiger partial charge in [-0.05, 0) is 43.3 Å². The van der Waals surface area contributed by atoms with Crippen molar-refractivity contribution in [2.75, 3.05) is 38.7 Å². The number of aryl methyl sites for hydroxylation is 1. The highest BCUT2D eigenvalue weighted by molar-refractivity contribution is 7.89. The fourth-order valence-electron chi connectivity index (χ4n) is 3.91. The van der Waals surface area contributed by atoms with E-state index in [1.54, 1.807) is 17.9 Å². The van der Waals surface area contributed by atoms with Crippen LogP contribution in [-0.2, 0) is 14.8 Å². The first-order valence-electron chi connectivity index (χ1n) is 11.5. The molecule has 0 spiro atoms. The van der Waals surface area contributed by atoms with Crippen LogP contribution in [0.1, 0.15) is 16.1 Å². The highest BCUT2D eigenvalue weighted by Crippen LogP contribution is 2.28. The molecule has 1 aliphatic heterocycles. The molecule has 5 rings (SSSR count). The molecular formula is C25H25N5O5S2. The van der Waals surface area contributed by atoms with E-state index in [1.165, 1.54) is 39.9 Å². The van der Waals surface area contributed by atoms with Crippen molar-refractivity contribution < 1.29 is 22.7 Å². The Labute approximate surface area is 218 Å². The first-order chi connectivity index (χ1) is 17.8. The lowest BCUT2D eigenvalue weighted by Crippen LogP contribution is -2.40. The number of anilines is 1. The summed E-state index contributed by atoms with van der Waals surface area (Å²) >= 11 is 1.40. The molecule has 1 aliphatic rings. The average molecular weight is 540 g/mol. The largest absolute Gasteiger partial charge is 0.497 e. The molecule has 0 radical (unpaired) electrons. The number of carbonyl (C=O) groups is 1. The summed E-state index contributed by atoms with van der Waals surface area (Å²) in [5.41, 5.74) is 2.70. The monoisotopic (exact) mass is 539 g/mol. The van der Waals surface area contributed by atoms with Gasteiger partial charge in [0, 0.05) is 35.7 Å². The van der Waals surface area contributed by atoms with Crippen LogP contribution in [0, 0.1) is 6.92 Å². The van der Waals surface area contributed by atoms with E-state index in [0.717, 1.165) is 17.0 Å². The first-order valence-corrected chi connectivity index (χ1v) is 13.8. The molecule has 1 fully saturated rings. The maximum absolute atomic E-state index is 13.0. The standard InChI is InChI=1S/C25H25N5O5S2/c1-17-14-23(30(28-17)25-26-22(16-36-25)19-4-3-5-20(15-19)34-2)27-24(31)18-6-8-21(9-7-18)37(32,33)29-10-12-35-13-11-29/h3-9,14-16H,10-13H2,1-2H3,(H,27,31). The zero-order valence-corrected chi connectivity index (χ0v) is 21.9. The van der Waals surface area contributed by atoms with Gasteiger partial charge in [-0.1, -0.05) is 12.1 Å². The molecule has 2 aromatic heterocycles.